The number of para-hydroxylation sites is 1. The highest BCUT2D eigenvalue weighted by Crippen LogP contribution is 2.41. The van der Waals surface area contributed by atoms with Crippen LogP contribution in [0.3, 0.4) is 0 Å². The van der Waals surface area contributed by atoms with Gasteiger partial charge in [0, 0.05) is 21.8 Å². The van der Waals surface area contributed by atoms with Gasteiger partial charge in [0.2, 0.25) is 0 Å². The smallest absolute Gasteiger partial charge is 0.186 e. The van der Waals surface area contributed by atoms with Gasteiger partial charge in [0.25, 0.3) is 0 Å². The molecule has 0 radical (unpaired) electrons. The van der Waals surface area contributed by atoms with Crippen LogP contribution >= 0.6 is 11.6 Å². The third kappa shape index (κ3) is 1.67. The first-order valence-corrected chi connectivity index (χ1v) is 6.99. The summed E-state index contributed by atoms with van der Waals surface area (Å²) in [4.78, 5) is 0. The molecule has 1 atom stereocenters. The predicted octanol–water partition coefficient (Wildman–Crippen LogP) is 3.14. The Balaban J connectivity index is 2.00. The summed E-state index contributed by atoms with van der Waals surface area (Å²) in [6.45, 7) is 2.02. The molecule has 5 nitrogen and oxygen atoms in total. The van der Waals surface area contributed by atoms with Gasteiger partial charge in [-0.25, -0.2) is 0 Å². The lowest BCUT2D eigenvalue weighted by atomic mass is 9.97. The number of rotatable bonds is 1. The minimum absolute atomic E-state index is 0.633. The maximum absolute atomic E-state index is 6.39. The van der Waals surface area contributed by atoms with Crippen molar-refractivity contribution in [3.05, 3.63) is 59.1 Å². The molecule has 0 bridgehead atoms. The van der Waals surface area contributed by atoms with E-state index in [0.29, 0.717) is 5.02 Å². The van der Waals surface area contributed by atoms with Crippen LogP contribution in [-0.4, -0.2) is 20.2 Å². The lowest BCUT2D eigenvalue weighted by Gasteiger charge is -2.37. The van der Waals surface area contributed by atoms with Crippen molar-refractivity contribution in [2.75, 3.05) is 5.32 Å². The molecule has 0 aliphatic carbocycles. The molecule has 1 aliphatic heterocycles. The zero-order valence-electron chi connectivity index (χ0n) is 11.3. The van der Waals surface area contributed by atoms with Crippen molar-refractivity contribution < 1.29 is 0 Å². The van der Waals surface area contributed by atoms with Gasteiger partial charge in [-0.15, -0.1) is 5.10 Å². The van der Waals surface area contributed by atoms with Crippen molar-refractivity contribution in [1.82, 2.24) is 20.2 Å². The molecule has 0 saturated carbocycles. The normalized spacial score (nSPS) is 19.5. The fourth-order valence-electron chi connectivity index (χ4n) is 2.80. The maximum Gasteiger partial charge on any atom is 0.186 e. The molecule has 1 unspecified atom stereocenters. The molecule has 0 saturated heterocycles. The van der Waals surface area contributed by atoms with E-state index in [2.05, 4.69) is 20.8 Å². The molecular weight excluding hydrogens is 286 g/mol. The Morgan fingerprint density at radius 3 is 2.71 bits per heavy atom. The topological polar surface area (TPSA) is 55.6 Å². The zero-order valence-corrected chi connectivity index (χ0v) is 12.0. The van der Waals surface area contributed by atoms with Gasteiger partial charge in [0.1, 0.15) is 0 Å². The van der Waals surface area contributed by atoms with Gasteiger partial charge >= 0.3 is 0 Å². The van der Waals surface area contributed by atoms with E-state index in [-0.39, 0.29) is 0 Å². The van der Waals surface area contributed by atoms with Gasteiger partial charge < -0.3 is 5.32 Å². The molecule has 0 fully saturated rings. The van der Waals surface area contributed by atoms with Crippen LogP contribution in [0.25, 0.3) is 11.4 Å². The van der Waals surface area contributed by atoms with Crippen LogP contribution in [0.2, 0.25) is 5.02 Å². The Morgan fingerprint density at radius 1 is 1.10 bits per heavy atom. The second kappa shape index (κ2) is 4.30. The Kier molecular flexibility index (Phi) is 2.53. The number of anilines is 1. The van der Waals surface area contributed by atoms with E-state index in [0.717, 1.165) is 22.6 Å². The van der Waals surface area contributed by atoms with Crippen LogP contribution < -0.4 is 5.32 Å². The number of hydrogen-bond donors (Lipinski definition) is 1. The van der Waals surface area contributed by atoms with E-state index in [9.17, 15) is 0 Å². The number of nitrogens with zero attached hydrogens (tertiary/aromatic N) is 4. The fourth-order valence-corrected chi connectivity index (χ4v) is 3.12. The lowest BCUT2D eigenvalue weighted by molar-refractivity contribution is 0.393. The van der Waals surface area contributed by atoms with Crippen LogP contribution in [0.5, 0.6) is 0 Å². The van der Waals surface area contributed by atoms with Crippen molar-refractivity contribution in [1.29, 1.82) is 0 Å². The molecule has 1 aromatic heterocycles. The Morgan fingerprint density at radius 2 is 1.86 bits per heavy atom. The third-order valence-corrected chi connectivity index (χ3v) is 4.17. The Hall–Kier alpha value is -2.40. The summed E-state index contributed by atoms with van der Waals surface area (Å²) in [5.41, 5.74) is 2.26. The molecule has 1 N–H and O–H groups in total. The summed E-state index contributed by atoms with van der Waals surface area (Å²) < 4.78 is 1.77. The van der Waals surface area contributed by atoms with Crippen LogP contribution in [0.1, 0.15) is 12.5 Å². The summed E-state index contributed by atoms with van der Waals surface area (Å²) in [6.07, 6.45) is 0. The minimum Gasteiger partial charge on any atom is -0.357 e. The number of nitrogens with one attached hydrogen (secondary N) is 1. The van der Waals surface area contributed by atoms with Crippen molar-refractivity contribution in [3.63, 3.8) is 0 Å². The molecule has 21 heavy (non-hydrogen) atoms. The highest BCUT2D eigenvalue weighted by molar-refractivity contribution is 6.31. The molecule has 3 aromatic rings. The number of aromatic nitrogens is 4. The summed E-state index contributed by atoms with van der Waals surface area (Å²) in [5, 5.41) is 16.3. The average molecular weight is 298 g/mol. The summed E-state index contributed by atoms with van der Waals surface area (Å²) in [7, 11) is 0. The molecule has 2 heterocycles. The van der Waals surface area contributed by atoms with Crippen molar-refractivity contribution in [3.8, 4) is 11.4 Å². The largest absolute Gasteiger partial charge is 0.357 e. The zero-order chi connectivity index (χ0) is 14.4. The summed E-state index contributed by atoms with van der Waals surface area (Å²) in [5.74, 6) is 0.728. The van der Waals surface area contributed by atoms with E-state index in [1.54, 1.807) is 4.68 Å². The van der Waals surface area contributed by atoms with Crippen molar-refractivity contribution in [2.45, 2.75) is 12.6 Å². The van der Waals surface area contributed by atoms with Gasteiger partial charge in [0.05, 0.1) is 0 Å². The highest BCUT2D eigenvalue weighted by atomic mass is 35.5. The molecule has 104 valence electrons. The molecular formula is C15H12ClN5. The molecule has 4 rings (SSSR count). The van der Waals surface area contributed by atoms with Crippen LogP contribution in [-0.2, 0) is 5.66 Å². The van der Waals surface area contributed by atoms with E-state index in [4.69, 9.17) is 11.6 Å². The van der Waals surface area contributed by atoms with E-state index < -0.39 is 5.66 Å². The van der Waals surface area contributed by atoms with E-state index in [1.165, 1.54) is 0 Å². The molecule has 2 aromatic carbocycles. The number of tetrazole rings is 1. The molecule has 6 heteroatoms. The van der Waals surface area contributed by atoms with E-state index >= 15 is 0 Å². The number of benzene rings is 2. The first kappa shape index (κ1) is 12.3. The maximum atomic E-state index is 6.39. The van der Waals surface area contributed by atoms with Crippen LogP contribution in [0.4, 0.5) is 5.69 Å². The molecule has 0 spiro atoms. The lowest BCUT2D eigenvalue weighted by Crippen LogP contribution is -2.43. The average Bonchev–Trinajstić information content (AvgIpc) is 2.98. The summed E-state index contributed by atoms with van der Waals surface area (Å²) in [6, 6.07) is 15.7. The predicted molar refractivity (Wildman–Crippen MR) is 81.1 cm³/mol. The van der Waals surface area contributed by atoms with Gasteiger partial charge in [-0.2, -0.15) is 4.68 Å². The number of halogens is 1. The standard InChI is InChI=1S/C15H12ClN5/c1-15(11-7-3-4-8-12(11)16)17-13-9-5-2-6-10(13)14-18-19-20-21(14)15/h2-9,17H,1H3. The van der Waals surface area contributed by atoms with Crippen molar-refractivity contribution >= 4 is 17.3 Å². The number of fused-ring (bicyclic) bond motifs is 3. The van der Waals surface area contributed by atoms with Crippen molar-refractivity contribution in [2.24, 2.45) is 0 Å². The SMILES string of the molecule is CC1(c2ccccc2Cl)Nc2ccccc2-c2nnnn21. The Bertz CT molecular complexity index is 828. The second-order valence-corrected chi connectivity index (χ2v) is 5.54. The summed E-state index contributed by atoms with van der Waals surface area (Å²) >= 11 is 6.39. The van der Waals surface area contributed by atoms with Gasteiger partial charge in [-0.05, 0) is 35.5 Å². The fraction of sp³-hybridized carbons (Fsp3) is 0.133. The highest BCUT2D eigenvalue weighted by Gasteiger charge is 2.39. The van der Waals surface area contributed by atoms with E-state index in [1.807, 2.05) is 55.5 Å². The Labute approximate surface area is 126 Å². The molecule has 1 aliphatic rings. The first-order valence-electron chi connectivity index (χ1n) is 6.61. The van der Waals surface area contributed by atoms with Gasteiger partial charge in [0.15, 0.2) is 11.5 Å². The quantitative estimate of drug-likeness (QED) is 0.750. The monoisotopic (exact) mass is 297 g/mol. The molecule has 0 amide bonds. The first-order chi connectivity index (χ1) is 10.2. The third-order valence-electron chi connectivity index (χ3n) is 3.84. The van der Waals surface area contributed by atoms with Gasteiger partial charge in [-0.1, -0.05) is 41.9 Å². The van der Waals surface area contributed by atoms with Crippen LogP contribution in [0, 0.1) is 0 Å². The van der Waals surface area contributed by atoms with Gasteiger partial charge in [-0.3, -0.25) is 0 Å². The van der Waals surface area contributed by atoms with Crippen LogP contribution in [0.15, 0.2) is 48.5 Å². The second-order valence-electron chi connectivity index (χ2n) is 5.14. The minimum atomic E-state index is -0.633. The number of hydrogen-bond acceptors (Lipinski definition) is 4.